The van der Waals surface area contributed by atoms with Crippen molar-refractivity contribution in [3.8, 4) is 17.2 Å². The SMILES string of the molecule is COc1ccc(CN2CCN(CC(=O)N3[C@H](C)CCC[C@H]3C)CC2)c(OC)c1OC. The molecule has 168 valence electrons. The Labute approximate surface area is 180 Å². The zero-order valence-corrected chi connectivity index (χ0v) is 19.1. The molecule has 30 heavy (non-hydrogen) atoms. The third-order valence-electron chi connectivity index (χ3n) is 6.48. The van der Waals surface area contributed by atoms with Gasteiger partial charge in [-0.1, -0.05) is 6.07 Å². The second kappa shape index (κ2) is 10.4. The van der Waals surface area contributed by atoms with Crippen molar-refractivity contribution in [1.29, 1.82) is 0 Å². The molecule has 1 amide bonds. The number of rotatable bonds is 7. The maximum absolute atomic E-state index is 12.9. The van der Waals surface area contributed by atoms with E-state index in [9.17, 15) is 4.79 Å². The molecule has 2 fully saturated rings. The fourth-order valence-electron chi connectivity index (χ4n) is 4.82. The number of methoxy groups -OCH3 is 3. The number of amides is 1. The number of piperazine rings is 1. The number of nitrogens with zero attached hydrogens (tertiary/aromatic N) is 3. The van der Waals surface area contributed by atoms with Crippen LogP contribution in [0.3, 0.4) is 0 Å². The molecule has 0 aromatic heterocycles. The van der Waals surface area contributed by atoms with Crippen molar-refractivity contribution in [2.45, 2.75) is 51.7 Å². The van der Waals surface area contributed by atoms with Gasteiger partial charge in [-0.15, -0.1) is 0 Å². The van der Waals surface area contributed by atoms with Crippen molar-refractivity contribution < 1.29 is 19.0 Å². The fourth-order valence-corrected chi connectivity index (χ4v) is 4.82. The van der Waals surface area contributed by atoms with Crippen molar-refractivity contribution in [2.75, 3.05) is 54.1 Å². The Morgan fingerprint density at radius 1 is 0.900 bits per heavy atom. The van der Waals surface area contributed by atoms with Crippen LogP contribution in [0.25, 0.3) is 0 Å². The van der Waals surface area contributed by atoms with E-state index in [4.69, 9.17) is 14.2 Å². The molecule has 2 heterocycles. The first-order chi connectivity index (χ1) is 14.5. The van der Waals surface area contributed by atoms with E-state index < -0.39 is 0 Å². The number of hydrogen-bond donors (Lipinski definition) is 0. The van der Waals surface area contributed by atoms with Crippen LogP contribution in [-0.2, 0) is 11.3 Å². The van der Waals surface area contributed by atoms with E-state index >= 15 is 0 Å². The lowest BCUT2D eigenvalue weighted by Crippen LogP contribution is -2.54. The average Bonchev–Trinajstić information content (AvgIpc) is 2.74. The molecule has 0 N–H and O–H groups in total. The Hall–Kier alpha value is -1.99. The Morgan fingerprint density at radius 3 is 2.07 bits per heavy atom. The first-order valence-electron chi connectivity index (χ1n) is 11.0. The van der Waals surface area contributed by atoms with Gasteiger partial charge in [-0.2, -0.15) is 0 Å². The quantitative estimate of drug-likeness (QED) is 0.677. The third-order valence-corrected chi connectivity index (χ3v) is 6.48. The Balaban J connectivity index is 1.55. The molecule has 2 saturated heterocycles. The van der Waals surface area contributed by atoms with Crippen molar-refractivity contribution in [3.63, 3.8) is 0 Å². The molecule has 0 radical (unpaired) electrons. The molecule has 7 nitrogen and oxygen atoms in total. The van der Waals surface area contributed by atoms with Gasteiger partial charge >= 0.3 is 0 Å². The van der Waals surface area contributed by atoms with Crippen LogP contribution in [0, 0.1) is 0 Å². The smallest absolute Gasteiger partial charge is 0.237 e. The molecule has 0 spiro atoms. The van der Waals surface area contributed by atoms with Gasteiger partial charge < -0.3 is 19.1 Å². The predicted molar refractivity (Wildman–Crippen MR) is 117 cm³/mol. The monoisotopic (exact) mass is 419 g/mol. The molecule has 2 aliphatic heterocycles. The summed E-state index contributed by atoms with van der Waals surface area (Å²) in [6.07, 6.45) is 3.47. The summed E-state index contributed by atoms with van der Waals surface area (Å²) in [5, 5.41) is 0. The molecule has 1 aromatic carbocycles. The van der Waals surface area contributed by atoms with Crippen molar-refractivity contribution in [2.24, 2.45) is 0 Å². The van der Waals surface area contributed by atoms with Gasteiger partial charge in [0.1, 0.15) is 0 Å². The van der Waals surface area contributed by atoms with Gasteiger partial charge in [0.2, 0.25) is 11.7 Å². The molecule has 0 unspecified atom stereocenters. The highest BCUT2D eigenvalue weighted by Gasteiger charge is 2.30. The summed E-state index contributed by atoms with van der Waals surface area (Å²) in [5.74, 6) is 2.31. The van der Waals surface area contributed by atoms with Crippen LogP contribution in [0.5, 0.6) is 17.2 Å². The Bertz CT molecular complexity index is 709. The topological polar surface area (TPSA) is 54.5 Å². The van der Waals surface area contributed by atoms with Gasteiger partial charge in [-0.05, 0) is 39.2 Å². The first-order valence-corrected chi connectivity index (χ1v) is 11.0. The minimum atomic E-state index is 0.282. The summed E-state index contributed by atoms with van der Waals surface area (Å²) in [4.78, 5) is 19.7. The minimum Gasteiger partial charge on any atom is -0.493 e. The first kappa shape index (κ1) is 22.7. The number of benzene rings is 1. The highest BCUT2D eigenvalue weighted by atomic mass is 16.5. The van der Waals surface area contributed by atoms with Gasteiger partial charge in [0.05, 0.1) is 27.9 Å². The van der Waals surface area contributed by atoms with Crippen LogP contribution >= 0.6 is 0 Å². The number of ether oxygens (including phenoxy) is 3. The Morgan fingerprint density at radius 2 is 1.50 bits per heavy atom. The maximum atomic E-state index is 12.9. The summed E-state index contributed by atoms with van der Waals surface area (Å²) in [6, 6.07) is 4.68. The molecule has 0 aliphatic carbocycles. The van der Waals surface area contributed by atoms with Gasteiger partial charge in [-0.25, -0.2) is 0 Å². The molecular formula is C23H37N3O4. The normalized spacial score (nSPS) is 23.3. The van der Waals surface area contributed by atoms with Gasteiger partial charge in [0.15, 0.2) is 11.5 Å². The lowest BCUT2D eigenvalue weighted by Gasteiger charge is -2.41. The molecular weight excluding hydrogens is 382 g/mol. The van der Waals surface area contributed by atoms with Gasteiger partial charge in [0.25, 0.3) is 0 Å². The van der Waals surface area contributed by atoms with Crippen LogP contribution in [0.1, 0.15) is 38.7 Å². The molecule has 1 aromatic rings. The van der Waals surface area contributed by atoms with E-state index in [-0.39, 0.29) is 5.91 Å². The number of carbonyl (C=O) groups is 1. The summed E-state index contributed by atoms with van der Waals surface area (Å²) in [5.41, 5.74) is 1.08. The maximum Gasteiger partial charge on any atom is 0.237 e. The summed E-state index contributed by atoms with van der Waals surface area (Å²) in [7, 11) is 4.92. The predicted octanol–water partition coefficient (Wildman–Crippen LogP) is 2.62. The zero-order chi connectivity index (χ0) is 21.7. The zero-order valence-electron chi connectivity index (χ0n) is 19.1. The summed E-state index contributed by atoms with van der Waals surface area (Å²) >= 11 is 0. The van der Waals surface area contributed by atoms with E-state index in [0.717, 1.165) is 56.9 Å². The lowest BCUT2D eigenvalue weighted by molar-refractivity contribution is -0.139. The number of likely N-dealkylation sites (tertiary alicyclic amines) is 1. The van der Waals surface area contributed by atoms with Crippen molar-refractivity contribution in [3.05, 3.63) is 17.7 Å². The second-order valence-corrected chi connectivity index (χ2v) is 8.48. The standard InChI is InChI=1S/C23H37N3O4/c1-17-7-6-8-18(2)26(17)21(27)16-25-13-11-24(12-14-25)15-19-9-10-20(28-3)23(30-5)22(19)29-4/h9-10,17-18H,6-8,11-16H2,1-5H3/t17-,18-/m1/s1. The summed E-state index contributed by atoms with van der Waals surface area (Å²) in [6.45, 7) is 9.33. The largest absolute Gasteiger partial charge is 0.493 e. The number of carbonyl (C=O) groups excluding carboxylic acids is 1. The van der Waals surface area contributed by atoms with Gasteiger partial charge in [0, 0.05) is 50.4 Å². The molecule has 2 aliphatic rings. The van der Waals surface area contributed by atoms with E-state index in [1.165, 1.54) is 6.42 Å². The van der Waals surface area contributed by atoms with Crippen LogP contribution in [0.15, 0.2) is 12.1 Å². The average molecular weight is 420 g/mol. The van der Waals surface area contributed by atoms with E-state index in [1.807, 2.05) is 12.1 Å². The Kier molecular flexibility index (Phi) is 7.83. The van der Waals surface area contributed by atoms with Crippen LogP contribution in [0.2, 0.25) is 0 Å². The summed E-state index contributed by atoms with van der Waals surface area (Å²) < 4.78 is 16.5. The van der Waals surface area contributed by atoms with Crippen LogP contribution in [0.4, 0.5) is 0 Å². The highest BCUT2D eigenvalue weighted by molar-refractivity contribution is 5.79. The molecule has 0 saturated carbocycles. The van der Waals surface area contributed by atoms with E-state index in [1.54, 1.807) is 21.3 Å². The molecule has 3 rings (SSSR count). The second-order valence-electron chi connectivity index (χ2n) is 8.48. The highest BCUT2D eigenvalue weighted by Crippen LogP contribution is 2.40. The van der Waals surface area contributed by atoms with Crippen LogP contribution in [-0.4, -0.2) is 86.7 Å². The van der Waals surface area contributed by atoms with E-state index in [0.29, 0.717) is 30.1 Å². The number of hydrogen-bond acceptors (Lipinski definition) is 6. The molecule has 2 atom stereocenters. The third kappa shape index (κ3) is 5.01. The molecule has 0 bridgehead atoms. The fraction of sp³-hybridized carbons (Fsp3) is 0.696. The molecule has 7 heteroatoms. The number of piperidine rings is 1. The minimum absolute atomic E-state index is 0.282. The lowest BCUT2D eigenvalue weighted by atomic mass is 9.97. The van der Waals surface area contributed by atoms with Crippen LogP contribution < -0.4 is 14.2 Å². The van der Waals surface area contributed by atoms with E-state index in [2.05, 4.69) is 28.5 Å². The van der Waals surface area contributed by atoms with Crippen molar-refractivity contribution >= 4 is 5.91 Å². The van der Waals surface area contributed by atoms with Gasteiger partial charge in [-0.3, -0.25) is 14.6 Å². The van der Waals surface area contributed by atoms with Crippen molar-refractivity contribution in [1.82, 2.24) is 14.7 Å².